The second-order valence-electron chi connectivity index (χ2n) is 13.6. The Bertz CT molecular complexity index is 2310. The fourth-order valence-corrected chi connectivity index (χ4v) is 6.84. The Labute approximate surface area is 323 Å². The highest BCUT2D eigenvalue weighted by atomic mass is 35.5. The minimum absolute atomic E-state index is 0.0374. The van der Waals surface area contributed by atoms with Crippen LogP contribution in [0.25, 0.3) is 33.0 Å². The van der Waals surface area contributed by atoms with Crippen molar-refractivity contribution >= 4 is 57.1 Å². The Morgan fingerprint density at radius 1 is 0.782 bits per heavy atom. The SMILES string of the molecule is CC(C)n1nccc1C1=C(CCl)CCOC1.CC(C)n1nccc1C1=C(COc2ccc3c[nH]nc3c2C=O)CCOC1.O=Cc1c(O)ccc2c[nH]nc12. The molecule has 0 spiro atoms. The summed E-state index contributed by atoms with van der Waals surface area (Å²) in [5, 5.41) is 33.1. The molecule has 0 amide bonds. The van der Waals surface area contributed by atoms with Gasteiger partial charge < -0.3 is 19.3 Å². The first kappa shape index (κ1) is 39.1. The Kier molecular flexibility index (Phi) is 12.9. The van der Waals surface area contributed by atoms with Gasteiger partial charge in [-0.05, 0) is 88.1 Å². The molecule has 2 aromatic carbocycles. The number of rotatable bonds is 10. The van der Waals surface area contributed by atoms with Crippen molar-refractivity contribution in [3.05, 3.63) is 94.8 Å². The summed E-state index contributed by atoms with van der Waals surface area (Å²) in [5.74, 6) is 1.09. The van der Waals surface area contributed by atoms with Gasteiger partial charge in [-0.25, -0.2) is 0 Å². The van der Waals surface area contributed by atoms with E-state index in [9.17, 15) is 14.7 Å². The van der Waals surface area contributed by atoms with Gasteiger partial charge in [0.2, 0.25) is 0 Å². The molecular formula is C40H45ClN8O6. The van der Waals surface area contributed by atoms with Gasteiger partial charge in [0.1, 0.15) is 29.1 Å². The van der Waals surface area contributed by atoms with Crippen molar-refractivity contribution in [2.24, 2.45) is 0 Å². The molecule has 0 fully saturated rings. The summed E-state index contributed by atoms with van der Waals surface area (Å²) in [6, 6.07) is 11.6. The number of benzene rings is 2. The maximum atomic E-state index is 11.6. The number of fused-ring (bicyclic) bond motifs is 2. The average Bonchev–Trinajstić information content (AvgIpc) is 4.04. The first-order valence-electron chi connectivity index (χ1n) is 18.1. The summed E-state index contributed by atoms with van der Waals surface area (Å²) in [6.07, 6.45) is 10.2. The van der Waals surface area contributed by atoms with E-state index in [1.165, 1.54) is 22.8 Å². The lowest BCUT2D eigenvalue weighted by molar-refractivity contribution is 0.111. The van der Waals surface area contributed by atoms with E-state index >= 15 is 0 Å². The number of ether oxygens (including phenoxy) is 3. The quantitative estimate of drug-likeness (QED) is 0.0943. The van der Waals surface area contributed by atoms with Gasteiger partial charge in [-0.2, -0.15) is 20.4 Å². The maximum Gasteiger partial charge on any atom is 0.156 e. The molecule has 0 radical (unpaired) electrons. The van der Waals surface area contributed by atoms with E-state index in [0.717, 1.165) is 53.5 Å². The van der Waals surface area contributed by atoms with Crippen molar-refractivity contribution in [1.29, 1.82) is 0 Å². The number of aromatic hydroxyl groups is 1. The lowest BCUT2D eigenvalue weighted by Gasteiger charge is -2.23. The maximum absolute atomic E-state index is 11.6. The van der Waals surface area contributed by atoms with Crippen LogP contribution in [0.5, 0.6) is 11.5 Å². The first-order valence-corrected chi connectivity index (χ1v) is 18.6. The third kappa shape index (κ3) is 8.72. The Morgan fingerprint density at radius 3 is 1.85 bits per heavy atom. The summed E-state index contributed by atoms with van der Waals surface area (Å²) in [6.45, 7) is 11.5. The topological polar surface area (TPSA) is 175 Å². The number of phenolic OH excluding ortho intramolecular Hbond substituents is 1. The third-order valence-electron chi connectivity index (χ3n) is 9.41. The zero-order chi connectivity index (χ0) is 38.9. The van der Waals surface area contributed by atoms with Crippen LogP contribution in [0.15, 0.2) is 72.3 Å². The molecule has 14 nitrogen and oxygen atoms in total. The summed E-state index contributed by atoms with van der Waals surface area (Å²) >= 11 is 5.98. The van der Waals surface area contributed by atoms with E-state index in [-0.39, 0.29) is 17.4 Å². The van der Waals surface area contributed by atoms with E-state index < -0.39 is 0 Å². The fourth-order valence-electron chi connectivity index (χ4n) is 6.55. The number of phenols is 1. The van der Waals surface area contributed by atoms with Crippen molar-refractivity contribution in [1.82, 2.24) is 40.0 Å². The molecule has 0 saturated heterocycles. The summed E-state index contributed by atoms with van der Waals surface area (Å²) in [4.78, 5) is 22.1. The molecule has 3 N–H and O–H groups in total. The largest absolute Gasteiger partial charge is 0.507 e. The number of nitrogens with one attached hydrogen (secondary N) is 2. The molecule has 6 heterocycles. The molecule has 2 aliphatic rings. The molecule has 2 aliphatic heterocycles. The minimum Gasteiger partial charge on any atom is -0.507 e. The van der Waals surface area contributed by atoms with Crippen molar-refractivity contribution in [2.45, 2.75) is 52.6 Å². The molecule has 8 rings (SSSR count). The lowest BCUT2D eigenvalue weighted by Crippen LogP contribution is -2.18. The number of aldehydes is 2. The molecule has 6 aromatic rings. The number of hydrogen-bond donors (Lipinski definition) is 3. The number of aromatic amines is 2. The normalized spacial score (nSPS) is 14.6. The van der Waals surface area contributed by atoms with Gasteiger partial charge in [-0.3, -0.25) is 29.2 Å². The average molecular weight is 769 g/mol. The molecule has 15 heteroatoms. The summed E-state index contributed by atoms with van der Waals surface area (Å²) < 4.78 is 21.3. The van der Waals surface area contributed by atoms with Crippen LogP contribution >= 0.6 is 11.6 Å². The van der Waals surface area contributed by atoms with Crippen LogP contribution < -0.4 is 4.74 Å². The number of H-pyrrole nitrogens is 2. The monoisotopic (exact) mass is 768 g/mol. The zero-order valence-corrected chi connectivity index (χ0v) is 32.0. The molecular weight excluding hydrogens is 724 g/mol. The van der Waals surface area contributed by atoms with Gasteiger partial charge >= 0.3 is 0 Å². The van der Waals surface area contributed by atoms with Gasteiger partial charge in [-0.15, -0.1) is 11.6 Å². The number of halogens is 1. The van der Waals surface area contributed by atoms with E-state index in [1.807, 2.05) is 46.0 Å². The van der Waals surface area contributed by atoms with Crippen LogP contribution in [0, 0.1) is 0 Å². The van der Waals surface area contributed by atoms with E-state index in [0.29, 0.717) is 67.0 Å². The van der Waals surface area contributed by atoms with Crippen LogP contribution in [-0.2, 0) is 9.47 Å². The number of carbonyl (C=O) groups excluding carboxylic acids is 2. The number of hydrogen-bond acceptors (Lipinski definition) is 10. The minimum atomic E-state index is -0.0374. The zero-order valence-electron chi connectivity index (χ0n) is 31.3. The van der Waals surface area contributed by atoms with Gasteiger partial charge in [0.05, 0.1) is 48.9 Å². The van der Waals surface area contributed by atoms with Crippen molar-refractivity contribution in [3.8, 4) is 11.5 Å². The summed E-state index contributed by atoms with van der Waals surface area (Å²) in [7, 11) is 0. The van der Waals surface area contributed by atoms with Crippen LogP contribution in [-0.4, -0.2) is 96.5 Å². The number of carbonyl (C=O) groups is 2. The van der Waals surface area contributed by atoms with Gasteiger partial charge in [0, 0.05) is 64.7 Å². The standard InChI is InChI=1S/C20H22N4O3.C12H17ClN2O.C8H6N2O2/c1-13(2)24-18(5-7-22-24)17-12-26-8-6-15(17)11-27-19-4-3-14-9-21-23-20(14)16(19)10-25;1-9(2)15-12(3-5-14-15)11-8-16-6-4-10(11)7-13;11-4-6-7(12)2-1-5-3-9-10-8(5)6/h3-5,7,9-10,13H,6,8,11-12H2,1-2H3,(H,21,23);3,5,9H,4,6-8H2,1-2H3;1-4,12H,(H,9,10). The van der Waals surface area contributed by atoms with Gasteiger partial charge in [-0.1, -0.05) is 0 Å². The van der Waals surface area contributed by atoms with E-state index in [2.05, 4.69) is 58.3 Å². The molecule has 288 valence electrons. The predicted octanol–water partition coefficient (Wildman–Crippen LogP) is 7.36. The second kappa shape index (κ2) is 18.2. The molecule has 4 aromatic heterocycles. The van der Waals surface area contributed by atoms with E-state index in [4.69, 9.17) is 25.8 Å². The highest BCUT2D eigenvalue weighted by Crippen LogP contribution is 2.31. The summed E-state index contributed by atoms with van der Waals surface area (Å²) in [5.41, 5.74) is 8.81. The Balaban J connectivity index is 0.000000155. The fraction of sp³-hybridized carbons (Fsp3) is 0.350. The van der Waals surface area contributed by atoms with Gasteiger partial charge in [0.25, 0.3) is 0 Å². The molecule has 0 atom stereocenters. The number of alkyl halides is 1. The van der Waals surface area contributed by atoms with Crippen molar-refractivity contribution < 1.29 is 28.9 Å². The smallest absolute Gasteiger partial charge is 0.156 e. The van der Waals surface area contributed by atoms with Crippen molar-refractivity contribution in [3.63, 3.8) is 0 Å². The highest BCUT2D eigenvalue weighted by molar-refractivity contribution is 6.20. The highest BCUT2D eigenvalue weighted by Gasteiger charge is 2.21. The molecule has 0 unspecified atom stereocenters. The van der Waals surface area contributed by atoms with Crippen LogP contribution in [0.1, 0.15) is 84.7 Å². The molecule has 55 heavy (non-hydrogen) atoms. The molecule has 0 saturated carbocycles. The van der Waals surface area contributed by atoms with Crippen molar-refractivity contribution in [2.75, 3.05) is 38.9 Å². The van der Waals surface area contributed by atoms with Crippen LogP contribution in [0.3, 0.4) is 0 Å². The van der Waals surface area contributed by atoms with Crippen LogP contribution in [0.2, 0.25) is 0 Å². The number of aromatic nitrogens is 8. The lowest BCUT2D eigenvalue weighted by atomic mass is 10.0. The number of nitrogens with zero attached hydrogens (tertiary/aromatic N) is 6. The first-order chi connectivity index (χ1) is 26.7. The molecule has 0 aliphatic carbocycles. The van der Waals surface area contributed by atoms with Gasteiger partial charge in [0.15, 0.2) is 12.6 Å². The third-order valence-corrected chi connectivity index (χ3v) is 9.73. The second-order valence-corrected chi connectivity index (χ2v) is 13.8. The van der Waals surface area contributed by atoms with E-state index in [1.54, 1.807) is 18.5 Å². The van der Waals surface area contributed by atoms with Crippen LogP contribution in [0.4, 0.5) is 0 Å². The molecule has 0 bridgehead atoms. The Hall–Kier alpha value is -5.57. The predicted molar refractivity (Wildman–Crippen MR) is 211 cm³/mol. The Morgan fingerprint density at radius 2 is 1.31 bits per heavy atom.